The fraction of sp³-hybridized carbons (Fsp3) is 0.267. The zero-order valence-corrected chi connectivity index (χ0v) is 21.8. The quantitative estimate of drug-likeness (QED) is 0.344. The van der Waals surface area contributed by atoms with E-state index >= 15 is 0 Å². The van der Waals surface area contributed by atoms with Gasteiger partial charge in [0.05, 0.1) is 0 Å². The second-order valence-electron chi connectivity index (χ2n) is 10.3. The number of nitrogens with one attached hydrogen (secondary N) is 1. The van der Waals surface area contributed by atoms with E-state index in [1.165, 1.54) is 5.56 Å². The molecule has 1 N–H and O–H groups in total. The van der Waals surface area contributed by atoms with Gasteiger partial charge in [-0.25, -0.2) is 4.98 Å². The minimum atomic E-state index is -0.372. The van der Waals surface area contributed by atoms with Crippen molar-refractivity contribution in [3.63, 3.8) is 0 Å². The van der Waals surface area contributed by atoms with Gasteiger partial charge in [-0.2, -0.15) is 0 Å². The number of nitrogens with zero attached hydrogens (tertiary/aromatic N) is 2. The molecule has 7 heteroatoms. The molecule has 4 aromatic rings. The van der Waals surface area contributed by atoms with E-state index in [9.17, 15) is 4.79 Å². The smallest absolute Gasteiger partial charge is 0.278 e. The van der Waals surface area contributed by atoms with Crippen LogP contribution in [0.2, 0.25) is 0 Å². The highest BCUT2D eigenvalue weighted by Gasteiger charge is 2.24. The predicted molar refractivity (Wildman–Crippen MR) is 146 cm³/mol. The van der Waals surface area contributed by atoms with Crippen LogP contribution < -0.4 is 19.7 Å². The second kappa shape index (κ2) is 9.65. The first-order chi connectivity index (χ1) is 17.7. The fourth-order valence-electron chi connectivity index (χ4n) is 4.14. The molecule has 190 valence electrons. The number of anilines is 2. The van der Waals surface area contributed by atoms with Crippen molar-refractivity contribution in [3.05, 3.63) is 78.0 Å². The van der Waals surface area contributed by atoms with E-state index in [-0.39, 0.29) is 17.0 Å². The zero-order chi connectivity index (χ0) is 26.2. The maximum Gasteiger partial charge on any atom is 0.278 e. The summed E-state index contributed by atoms with van der Waals surface area (Å²) in [7, 11) is 3.94. The number of amides is 1. The minimum absolute atomic E-state index is 0.0293. The molecule has 0 unspecified atom stereocenters. The van der Waals surface area contributed by atoms with Crippen molar-refractivity contribution < 1.29 is 18.7 Å². The van der Waals surface area contributed by atoms with Gasteiger partial charge in [0.25, 0.3) is 5.91 Å². The number of carbonyl (C=O) groups excluding carboxylic acids is 1. The lowest BCUT2D eigenvalue weighted by atomic mass is 9.87. The highest BCUT2D eigenvalue weighted by Crippen LogP contribution is 2.35. The predicted octanol–water partition coefficient (Wildman–Crippen LogP) is 6.40. The molecular formula is C30H31N3O4. The fourth-order valence-corrected chi connectivity index (χ4v) is 4.14. The summed E-state index contributed by atoms with van der Waals surface area (Å²) < 4.78 is 17.5. The molecule has 2 heterocycles. The lowest BCUT2D eigenvalue weighted by molar-refractivity contribution is 0.102. The zero-order valence-electron chi connectivity index (χ0n) is 21.8. The summed E-state index contributed by atoms with van der Waals surface area (Å²) in [5.74, 6) is 1.69. The first-order valence-corrected chi connectivity index (χ1v) is 12.3. The Morgan fingerprint density at radius 1 is 0.892 bits per heavy atom. The second-order valence-corrected chi connectivity index (χ2v) is 10.3. The van der Waals surface area contributed by atoms with Crippen molar-refractivity contribution in [1.29, 1.82) is 0 Å². The lowest BCUT2D eigenvalue weighted by Crippen LogP contribution is -2.17. The van der Waals surface area contributed by atoms with Crippen LogP contribution in [0.25, 0.3) is 22.8 Å². The molecule has 0 radical (unpaired) electrons. The minimum Gasteiger partial charge on any atom is -0.486 e. The number of rotatable bonds is 5. The molecule has 3 aromatic carbocycles. The Morgan fingerprint density at radius 2 is 1.62 bits per heavy atom. The van der Waals surface area contributed by atoms with Crippen LogP contribution in [0.15, 0.2) is 71.1 Å². The summed E-state index contributed by atoms with van der Waals surface area (Å²) in [5, 5.41) is 2.94. The number of ether oxygens (including phenoxy) is 2. The van der Waals surface area contributed by atoms with E-state index < -0.39 is 0 Å². The standard InChI is InChI=1S/C30H31N3O4/c1-30(2,3)21-11-9-19(10-12-21)29-32-26(27(37-29)20-7-6-8-23(17-20)33(4)5)28(34)31-22-13-14-24-25(18-22)36-16-15-35-24/h6-14,17-18H,15-16H2,1-5H3,(H,31,34). The Bertz CT molecular complexity index is 1430. The van der Waals surface area contributed by atoms with E-state index in [1.807, 2.05) is 55.4 Å². The monoisotopic (exact) mass is 497 g/mol. The van der Waals surface area contributed by atoms with Crippen molar-refractivity contribution >= 4 is 17.3 Å². The van der Waals surface area contributed by atoms with Crippen LogP contribution >= 0.6 is 0 Å². The molecule has 0 fully saturated rings. The van der Waals surface area contributed by atoms with Crippen LogP contribution in [0.5, 0.6) is 11.5 Å². The molecule has 1 aliphatic heterocycles. The molecule has 1 amide bonds. The number of fused-ring (bicyclic) bond motifs is 1. The maximum atomic E-state index is 13.5. The molecule has 0 atom stereocenters. The molecule has 7 nitrogen and oxygen atoms in total. The molecular weight excluding hydrogens is 466 g/mol. The van der Waals surface area contributed by atoms with Gasteiger partial charge in [0.2, 0.25) is 5.89 Å². The van der Waals surface area contributed by atoms with Gasteiger partial charge in [0.15, 0.2) is 23.0 Å². The first kappa shape index (κ1) is 24.4. The van der Waals surface area contributed by atoms with Crippen LogP contribution in [0.3, 0.4) is 0 Å². The Labute approximate surface area is 217 Å². The van der Waals surface area contributed by atoms with Crippen LogP contribution in [-0.4, -0.2) is 38.2 Å². The van der Waals surface area contributed by atoms with E-state index in [1.54, 1.807) is 18.2 Å². The molecule has 5 rings (SSSR count). The molecule has 37 heavy (non-hydrogen) atoms. The Hall–Kier alpha value is -4.26. The lowest BCUT2D eigenvalue weighted by Gasteiger charge is -2.18. The summed E-state index contributed by atoms with van der Waals surface area (Å²) >= 11 is 0. The normalized spacial score (nSPS) is 12.8. The van der Waals surface area contributed by atoms with E-state index in [0.29, 0.717) is 42.1 Å². The van der Waals surface area contributed by atoms with E-state index in [2.05, 4.69) is 43.2 Å². The Balaban J connectivity index is 1.53. The van der Waals surface area contributed by atoms with Crippen molar-refractivity contribution in [1.82, 2.24) is 4.98 Å². The average Bonchev–Trinajstić information content (AvgIpc) is 3.34. The molecule has 1 aromatic heterocycles. The molecule has 1 aliphatic rings. The maximum absolute atomic E-state index is 13.5. The number of carbonyl (C=O) groups is 1. The van der Waals surface area contributed by atoms with Crippen molar-refractivity contribution in [2.24, 2.45) is 0 Å². The number of hydrogen-bond donors (Lipinski definition) is 1. The van der Waals surface area contributed by atoms with Gasteiger partial charge in [0, 0.05) is 42.7 Å². The van der Waals surface area contributed by atoms with E-state index in [0.717, 1.165) is 16.8 Å². The third-order valence-corrected chi connectivity index (χ3v) is 6.26. The summed E-state index contributed by atoms with van der Waals surface area (Å²) in [6, 6.07) is 21.3. The van der Waals surface area contributed by atoms with Gasteiger partial charge in [-0.15, -0.1) is 0 Å². The molecule has 0 spiro atoms. The van der Waals surface area contributed by atoms with Gasteiger partial charge in [0.1, 0.15) is 13.2 Å². The van der Waals surface area contributed by atoms with Crippen molar-refractivity contribution in [2.75, 3.05) is 37.5 Å². The third kappa shape index (κ3) is 5.16. The van der Waals surface area contributed by atoms with Crippen LogP contribution in [-0.2, 0) is 5.41 Å². The summed E-state index contributed by atoms with van der Waals surface area (Å²) in [4.78, 5) is 20.2. The van der Waals surface area contributed by atoms with Crippen LogP contribution in [0, 0.1) is 0 Å². The first-order valence-electron chi connectivity index (χ1n) is 12.3. The van der Waals surface area contributed by atoms with Crippen LogP contribution in [0.1, 0.15) is 36.8 Å². The molecule has 0 bridgehead atoms. The van der Waals surface area contributed by atoms with Crippen molar-refractivity contribution in [2.45, 2.75) is 26.2 Å². The Kier molecular flexibility index (Phi) is 6.38. The Morgan fingerprint density at radius 3 is 2.32 bits per heavy atom. The van der Waals surface area contributed by atoms with Crippen LogP contribution in [0.4, 0.5) is 11.4 Å². The summed E-state index contributed by atoms with van der Waals surface area (Å²) in [5.41, 5.74) is 4.59. The van der Waals surface area contributed by atoms with Crippen molar-refractivity contribution in [3.8, 4) is 34.3 Å². The summed E-state index contributed by atoms with van der Waals surface area (Å²) in [6.45, 7) is 7.49. The molecule has 0 saturated heterocycles. The van der Waals surface area contributed by atoms with Gasteiger partial charge in [-0.1, -0.05) is 45.0 Å². The number of hydrogen-bond acceptors (Lipinski definition) is 6. The largest absolute Gasteiger partial charge is 0.486 e. The molecule has 0 aliphatic carbocycles. The van der Waals surface area contributed by atoms with Gasteiger partial charge >= 0.3 is 0 Å². The highest BCUT2D eigenvalue weighted by molar-refractivity contribution is 6.07. The third-order valence-electron chi connectivity index (χ3n) is 6.26. The van der Waals surface area contributed by atoms with Gasteiger partial charge < -0.3 is 24.1 Å². The average molecular weight is 498 g/mol. The number of benzene rings is 3. The van der Waals surface area contributed by atoms with Gasteiger partial charge in [-0.05, 0) is 47.4 Å². The van der Waals surface area contributed by atoms with E-state index in [4.69, 9.17) is 13.9 Å². The van der Waals surface area contributed by atoms with Gasteiger partial charge in [-0.3, -0.25) is 4.79 Å². The number of oxazole rings is 1. The topological polar surface area (TPSA) is 76.8 Å². The molecule has 0 saturated carbocycles. The number of aromatic nitrogens is 1. The highest BCUT2D eigenvalue weighted by atomic mass is 16.6. The summed E-state index contributed by atoms with van der Waals surface area (Å²) in [6.07, 6.45) is 0. The SMILES string of the molecule is CN(C)c1cccc(-c2oc(-c3ccc(C(C)(C)C)cc3)nc2C(=O)Nc2ccc3c(c2)OCCO3)c1.